The second-order valence-corrected chi connectivity index (χ2v) is 4.56. The third-order valence-electron chi connectivity index (χ3n) is 2.59. The Morgan fingerprint density at radius 1 is 1.27 bits per heavy atom. The number of hydrogen-bond acceptors (Lipinski definition) is 3. The van der Waals surface area contributed by atoms with E-state index >= 15 is 0 Å². The summed E-state index contributed by atoms with van der Waals surface area (Å²) in [6.45, 7) is 4.29. The molecule has 3 heteroatoms. The van der Waals surface area contributed by atoms with E-state index in [9.17, 15) is 0 Å². The Balaban J connectivity index is 2.49. The van der Waals surface area contributed by atoms with E-state index in [4.69, 9.17) is 0 Å². The molecule has 0 aliphatic rings. The highest BCUT2D eigenvalue weighted by Crippen LogP contribution is 2.31. The molecule has 2 aromatic rings. The quantitative estimate of drug-likeness (QED) is 0.835. The molecule has 0 spiro atoms. The van der Waals surface area contributed by atoms with Crippen molar-refractivity contribution in [1.29, 1.82) is 0 Å². The summed E-state index contributed by atoms with van der Waals surface area (Å²) < 4.78 is 0. The summed E-state index contributed by atoms with van der Waals surface area (Å²) >= 11 is 1.69. The molecular weight excluding hydrogens is 204 g/mol. The third-order valence-corrected chi connectivity index (χ3v) is 3.64. The average molecular weight is 218 g/mol. The molecule has 0 saturated carbocycles. The lowest BCUT2D eigenvalue weighted by atomic mass is 10.0. The van der Waals surface area contributed by atoms with Crippen LogP contribution in [0.25, 0.3) is 10.4 Å². The van der Waals surface area contributed by atoms with E-state index in [1.165, 1.54) is 21.6 Å². The molecule has 0 saturated heterocycles. The van der Waals surface area contributed by atoms with Gasteiger partial charge in [0.05, 0.1) is 4.88 Å². The second-order valence-electron chi connectivity index (χ2n) is 3.53. The van der Waals surface area contributed by atoms with Crippen LogP contribution in [-0.4, -0.2) is 12.0 Å². The van der Waals surface area contributed by atoms with Crippen LogP contribution in [0.4, 0.5) is 5.13 Å². The van der Waals surface area contributed by atoms with E-state index in [0.717, 1.165) is 5.13 Å². The Bertz CT molecular complexity index is 474. The maximum Gasteiger partial charge on any atom is 0.182 e. The fraction of sp³-hybridized carbons (Fsp3) is 0.250. The first-order chi connectivity index (χ1) is 7.22. The summed E-state index contributed by atoms with van der Waals surface area (Å²) in [4.78, 5) is 5.51. The number of anilines is 1. The number of benzene rings is 1. The van der Waals surface area contributed by atoms with Crippen LogP contribution in [-0.2, 0) is 0 Å². The summed E-state index contributed by atoms with van der Waals surface area (Å²) in [5.41, 5.74) is 3.95. The molecule has 78 valence electrons. The number of aromatic nitrogens is 1. The molecule has 1 heterocycles. The Morgan fingerprint density at radius 2 is 2.07 bits per heavy atom. The van der Waals surface area contributed by atoms with Gasteiger partial charge in [-0.05, 0) is 30.5 Å². The smallest absolute Gasteiger partial charge is 0.182 e. The molecule has 2 nitrogen and oxygen atoms in total. The normalized spacial score (nSPS) is 10.3. The van der Waals surface area contributed by atoms with Crippen molar-refractivity contribution in [2.75, 3.05) is 12.4 Å². The van der Waals surface area contributed by atoms with Gasteiger partial charge in [-0.25, -0.2) is 4.98 Å². The third kappa shape index (κ3) is 1.88. The molecular formula is C12H14N2S. The maximum absolute atomic E-state index is 4.29. The Labute approximate surface area is 94.0 Å². The summed E-state index contributed by atoms with van der Waals surface area (Å²) in [7, 11) is 1.89. The van der Waals surface area contributed by atoms with Gasteiger partial charge in [0.15, 0.2) is 5.13 Å². The molecule has 15 heavy (non-hydrogen) atoms. The molecule has 0 atom stereocenters. The summed E-state index contributed by atoms with van der Waals surface area (Å²) in [6.07, 6.45) is 1.93. The largest absolute Gasteiger partial charge is 0.365 e. The van der Waals surface area contributed by atoms with Crippen molar-refractivity contribution in [2.45, 2.75) is 13.8 Å². The van der Waals surface area contributed by atoms with E-state index in [2.05, 4.69) is 42.3 Å². The van der Waals surface area contributed by atoms with Crippen LogP contribution in [0.5, 0.6) is 0 Å². The van der Waals surface area contributed by atoms with Crippen LogP contribution in [0, 0.1) is 13.8 Å². The standard InChI is InChI=1S/C12H14N2S/c1-8-5-4-6-10(9(8)2)11-7-14-12(13-3)15-11/h4-7H,1-3H3,(H,13,14). The topological polar surface area (TPSA) is 24.9 Å². The van der Waals surface area contributed by atoms with E-state index in [0.29, 0.717) is 0 Å². The summed E-state index contributed by atoms with van der Waals surface area (Å²) in [5.74, 6) is 0. The van der Waals surface area contributed by atoms with Gasteiger partial charge in [0.1, 0.15) is 0 Å². The minimum Gasteiger partial charge on any atom is -0.365 e. The minimum atomic E-state index is 0.964. The molecule has 0 aliphatic heterocycles. The Hall–Kier alpha value is -1.35. The minimum absolute atomic E-state index is 0.964. The number of nitrogens with one attached hydrogen (secondary N) is 1. The fourth-order valence-electron chi connectivity index (χ4n) is 1.53. The van der Waals surface area contributed by atoms with Gasteiger partial charge in [-0.2, -0.15) is 0 Å². The van der Waals surface area contributed by atoms with Crippen LogP contribution in [0.3, 0.4) is 0 Å². The van der Waals surface area contributed by atoms with Crippen molar-refractivity contribution in [1.82, 2.24) is 4.98 Å². The summed E-state index contributed by atoms with van der Waals surface area (Å²) in [6, 6.07) is 6.38. The molecule has 1 aromatic carbocycles. The average Bonchev–Trinajstić information content (AvgIpc) is 2.70. The van der Waals surface area contributed by atoms with E-state index < -0.39 is 0 Å². The monoisotopic (exact) mass is 218 g/mol. The van der Waals surface area contributed by atoms with Crippen LogP contribution >= 0.6 is 11.3 Å². The molecule has 0 bridgehead atoms. The highest BCUT2D eigenvalue weighted by Gasteiger charge is 2.06. The van der Waals surface area contributed by atoms with Gasteiger partial charge in [0.25, 0.3) is 0 Å². The first-order valence-corrected chi connectivity index (χ1v) is 5.74. The van der Waals surface area contributed by atoms with Gasteiger partial charge in [-0.1, -0.05) is 29.5 Å². The van der Waals surface area contributed by atoms with Crippen molar-refractivity contribution in [3.8, 4) is 10.4 Å². The number of thiazole rings is 1. The summed E-state index contributed by atoms with van der Waals surface area (Å²) in [5, 5.41) is 4.02. The van der Waals surface area contributed by atoms with Crippen molar-refractivity contribution in [2.24, 2.45) is 0 Å². The van der Waals surface area contributed by atoms with Gasteiger partial charge in [0.2, 0.25) is 0 Å². The second kappa shape index (κ2) is 4.03. The molecule has 0 radical (unpaired) electrons. The van der Waals surface area contributed by atoms with Crippen LogP contribution in [0.15, 0.2) is 24.4 Å². The number of aryl methyl sites for hydroxylation is 1. The van der Waals surface area contributed by atoms with Gasteiger partial charge in [-0.15, -0.1) is 0 Å². The molecule has 1 aromatic heterocycles. The number of rotatable bonds is 2. The van der Waals surface area contributed by atoms with Crippen LogP contribution in [0.1, 0.15) is 11.1 Å². The van der Waals surface area contributed by atoms with Gasteiger partial charge in [-0.3, -0.25) is 0 Å². The zero-order valence-corrected chi connectivity index (χ0v) is 9.98. The van der Waals surface area contributed by atoms with Gasteiger partial charge < -0.3 is 5.32 Å². The van der Waals surface area contributed by atoms with Crippen molar-refractivity contribution in [3.63, 3.8) is 0 Å². The van der Waals surface area contributed by atoms with Crippen LogP contribution < -0.4 is 5.32 Å². The molecule has 0 unspecified atom stereocenters. The Morgan fingerprint density at radius 3 is 2.73 bits per heavy atom. The number of nitrogens with zero attached hydrogens (tertiary/aromatic N) is 1. The predicted octanol–water partition coefficient (Wildman–Crippen LogP) is 3.47. The van der Waals surface area contributed by atoms with Crippen LogP contribution in [0.2, 0.25) is 0 Å². The molecule has 0 fully saturated rings. The lowest BCUT2D eigenvalue weighted by Gasteiger charge is -2.05. The fourth-order valence-corrected chi connectivity index (χ4v) is 2.38. The maximum atomic E-state index is 4.29. The van der Waals surface area contributed by atoms with Crippen molar-refractivity contribution in [3.05, 3.63) is 35.5 Å². The lowest BCUT2D eigenvalue weighted by Crippen LogP contribution is -1.84. The van der Waals surface area contributed by atoms with E-state index in [1.54, 1.807) is 11.3 Å². The molecule has 0 amide bonds. The lowest BCUT2D eigenvalue weighted by molar-refractivity contribution is 1.33. The number of hydrogen-bond donors (Lipinski definition) is 1. The molecule has 1 N–H and O–H groups in total. The molecule has 2 rings (SSSR count). The molecule has 0 aliphatic carbocycles. The van der Waals surface area contributed by atoms with Crippen molar-refractivity contribution < 1.29 is 0 Å². The highest BCUT2D eigenvalue weighted by atomic mass is 32.1. The van der Waals surface area contributed by atoms with E-state index in [-0.39, 0.29) is 0 Å². The van der Waals surface area contributed by atoms with E-state index in [1.807, 2.05) is 13.2 Å². The SMILES string of the molecule is CNc1ncc(-c2cccc(C)c2C)s1. The van der Waals surface area contributed by atoms with Gasteiger partial charge in [0, 0.05) is 13.2 Å². The zero-order valence-electron chi connectivity index (χ0n) is 9.16. The Kier molecular flexibility index (Phi) is 2.73. The first kappa shape index (κ1) is 10.2. The first-order valence-electron chi connectivity index (χ1n) is 4.92. The van der Waals surface area contributed by atoms with Gasteiger partial charge >= 0.3 is 0 Å². The predicted molar refractivity (Wildman–Crippen MR) is 66.6 cm³/mol. The zero-order chi connectivity index (χ0) is 10.8. The highest BCUT2D eigenvalue weighted by molar-refractivity contribution is 7.18. The van der Waals surface area contributed by atoms with Crippen molar-refractivity contribution >= 4 is 16.5 Å².